The highest BCUT2D eigenvalue weighted by Gasteiger charge is 2.22. The largest absolute Gasteiger partial charge is 0.384 e. The summed E-state index contributed by atoms with van der Waals surface area (Å²) in [4.78, 5) is 3.21. The van der Waals surface area contributed by atoms with Crippen molar-refractivity contribution in [1.82, 2.24) is 0 Å². The Labute approximate surface area is 183 Å². The van der Waals surface area contributed by atoms with Gasteiger partial charge in [0.25, 0.3) is 0 Å². The van der Waals surface area contributed by atoms with Gasteiger partial charge in [0.2, 0.25) is 0 Å². The molecule has 2 N–H and O–H groups in total. The quantitative estimate of drug-likeness (QED) is 0.323. The normalized spacial score (nSPS) is 13.4. The first-order valence-corrected chi connectivity index (χ1v) is 11.5. The van der Waals surface area contributed by atoms with E-state index in [0.29, 0.717) is 0 Å². The van der Waals surface area contributed by atoms with Gasteiger partial charge in [0, 0.05) is 14.6 Å². The first kappa shape index (κ1) is 19.2. The zero-order chi connectivity index (χ0) is 20.5. The van der Waals surface area contributed by atoms with Gasteiger partial charge in [0.15, 0.2) is 0 Å². The summed E-state index contributed by atoms with van der Waals surface area (Å²) in [6.07, 6.45) is -1.61. The van der Waals surface area contributed by atoms with Gasteiger partial charge in [0.1, 0.15) is 12.2 Å². The summed E-state index contributed by atoms with van der Waals surface area (Å²) in [6, 6.07) is 29.8. The van der Waals surface area contributed by atoms with Crippen molar-refractivity contribution in [3.8, 4) is 9.75 Å². The molecule has 0 saturated carbocycles. The van der Waals surface area contributed by atoms with Crippen LogP contribution in [0.1, 0.15) is 33.8 Å². The van der Waals surface area contributed by atoms with Crippen LogP contribution in [0.25, 0.3) is 20.5 Å². The van der Waals surface area contributed by atoms with Crippen LogP contribution in [0.4, 0.5) is 0 Å². The molecular weight excluding hydrogens is 408 g/mol. The average Bonchev–Trinajstić information content (AvgIpc) is 3.50. The lowest BCUT2D eigenvalue weighted by Gasteiger charge is -2.20. The molecule has 2 atom stereocenters. The Morgan fingerprint density at radius 1 is 0.567 bits per heavy atom. The number of hydrogen-bond acceptors (Lipinski definition) is 4. The molecule has 2 unspecified atom stereocenters. The highest BCUT2D eigenvalue weighted by Crippen LogP contribution is 2.39. The smallest absolute Gasteiger partial charge is 0.114 e. The van der Waals surface area contributed by atoms with Gasteiger partial charge in [-0.05, 0) is 51.0 Å². The Morgan fingerprint density at radius 3 is 2.07 bits per heavy atom. The van der Waals surface area contributed by atoms with Crippen molar-refractivity contribution < 1.29 is 10.2 Å². The molecule has 0 radical (unpaired) electrons. The van der Waals surface area contributed by atoms with E-state index in [4.69, 9.17) is 0 Å². The van der Waals surface area contributed by atoms with Crippen LogP contribution in [0.2, 0.25) is 0 Å². The fourth-order valence-electron chi connectivity index (χ4n) is 3.87. The van der Waals surface area contributed by atoms with E-state index in [1.807, 2.05) is 78.9 Å². The van der Waals surface area contributed by atoms with Crippen LogP contribution in [0.3, 0.4) is 0 Å². The van der Waals surface area contributed by atoms with E-state index in [9.17, 15) is 10.2 Å². The number of aliphatic hydroxyl groups excluding tert-OH is 2. The molecule has 3 aromatic carbocycles. The Bertz CT molecular complexity index is 1280. The molecular formula is C26H20O2S2. The SMILES string of the molecule is OC(c1ccc(-c2cccs2)s1)c1ccccc1C(O)c1cccc2ccccc12. The lowest BCUT2D eigenvalue weighted by molar-refractivity contribution is 0.199. The van der Waals surface area contributed by atoms with E-state index >= 15 is 0 Å². The summed E-state index contributed by atoms with van der Waals surface area (Å²) in [5.41, 5.74) is 2.31. The number of benzene rings is 3. The molecule has 0 bridgehead atoms. The number of thiophene rings is 2. The molecule has 4 heteroatoms. The Hall–Kier alpha value is -2.76. The lowest BCUT2D eigenvalue weighted by Crippen LogP contribution is -2.08. The van der Waals surface area contributed by atoms with Crippen molar-refractivity contribution in [1.29, 1.82) is 0 Å². The van der Waals surface area contributed by atoms with Crippen LogP contribution in [0.15, 0.2) is 96.4 Å². The fraction of sp³-hybridized carbons (Fsp3) is 0.0769. The van der Waals surface area contributed by atoms with E-state index < -0.39 is 12.2 Å². The highest BCUT2D eigenvalue weighted by molar-refractivity contribution is 7.21. The van der Waals surface area contributed by atoms with Gasteiger partial charge in [-0.3, -0.25) is 0 Å². The molecule has 0 fully saturated rings. The minimum Gasteiger partial charge on any atom is -0.384 e. The Balaban J connectivity index is 1.54. The fourth-order valence-corrected chi connectivity index (χ4v) is 5.72. The maximum Gasteiger partial charge on any atom is 0.114 e. The minimum atomic E-state index is -0.821. The van der Waals surface area contributed by atoms with Crippen molar-refractivity contribution in [2.24, 2.45) is 0 Å². The predicted molar refractivity (Wildman–Crippen MR) is 126 cm³/mol. The zero-order valence-corrected chi connectivity index (χ0v) is 17.7. The van der Waals surface area contributed by atoms with Crippen LogP contribution in [0, 0.1) is 0 Å². The second-order valence-electron chi connectivity index (χ2n) is 7.18. The summed E-state index contributed by atoms with van der Waals surface area (Å²) in [5.74, 6) is 0. The van der Waals surface area contributed by atoms with Gasteiger partial charge in [-0.25, -0.2) is 0 Å². The molecule has 0 saturated heterocycles. The Morgan fingerprint density at radius 2 is 1.27 bits per heavy atom. The van der Waals surface area contributed by atoms with Crippen molar-refractivity contribution >= 4 is 33.4 Å². The van der Waals surface area contributed by atoms with E-state index in [2.05, 4.69) is 17.5 Å². The van der Waals surface area contributed by atoms with Crippen LogP contribution in [-0.4, -0.2) is 10.2 Å². The third-order valence-corrected chi connectivity index (χ3v) is 7.57. The van der Waals surface area contributed by atoms with Crippen LogP contribution in [0.5, 0.6) is 0 Å². The van der Waals surface area contributed by atoms with E-state index in [1.54, 1.807) is 22.7 Å². The van der Waals surface area contributed by atoms with Gasteiger partial charge in [-0.2, -0.15) is 0 Å². The first-order chi connectivity index (χ1) is 14.7. The molecule has 2 aromatic heterocycles. The molecule has 5 rings (SSSR count). The second kappa shape index (κ2) is 8.17. The number of hydrogen-bond donors (Lipinski definition) is 2. The number of aliphatic hydroxyl groups is 2. The van der Waals surface area contributed by atoms with Crippen molar-refractivity contribution in [3.05, 3.63) is 118 Å². The molecule has 0 spiro atoms. The lowest BCUT2D eigenvalue weighted by atomic mass is 9.91. The predicted octanol–water partition coefficient (Wildman–Crippen LogP) is 6.79. The maximum absolute atomic E-state index is 11.3. The molecule has 2 nitrogen and oxygen atoms in total. The standard InChI is InChI=1S/C26H20O2S2/c27-25(19-12-5-8-17-7-1-2-9-18(17)19)20-10-3-4-11-21(20)26(28)24-15-14-23(30-24)22-13-6-16-29-22/h1-16,25-28H. The van der Waals surface area contributed by atoms with Gasteiger partial charge < -0.3 is 10.2 Å². The topological polar surface area (TPSA) is 40.5 Å². The molecule has 5 aromatic rings. The molecule has 148 valence electrons. The van der Waals surface area contributed by atoms with Gasteiger partial charge in [0.05, 0.1) is 0 Å². The molecule has 0 aliphatic rings. The maximum atomic E-state index is 11.3. The van der Waals surface area contributed by atoms with E-state index in [1.165, 1.54) is 4.88 Å². The zero-order valence-electron chi connectivity index (χ0n) is 16.1. The molecule has 0 aliphatic carbocycles. The van der Waals surface area contributed by atoms with Gasteiger partial charge in [-0.15, -0.1) is 22.7 Å². The van der Waals surface area contributed by atoms with Gasteiger partial charge in [-0.1, -0.05) is 72.8 Å². The third kappa shape index (κ3) is 3.48. The van der Waals surface area contributed by atoms with Crippen LogP contribution in [-0.2, 0) is 0 Å². The molecule has 0 aliphatic heterocycles. The summed E-state index contributed by atoms with van der Waals surface area (Å²) < 4.78 is 0. The molecule has 30 heavy (non-hydrogen) atoms. The van der Waals surface area contributed by atoms with E-state index in [-0.39, 0.29) is 0 Å². The summed E-state index contributed by atoms with van der Waals surface area (Å²) in [5, 5.41) is 26.7. The van der Waals surface area contributed by atoms with Crippen molar-refractivity contribution in [2.45, 2.75) is 12.2 Å². The molecule has 2 heterocycles. The van der Waals surface area contributed by atoms with Crippen molar-refractivity contribution in [2.75, 3.05) is 0 Å². The summed E-state index contributed by atoms with van der Waals surface area (Å²) in [6.45, 7) is 0. The average molecular weight is 429 g/mol. The van der Waals surface area contributed by atoms with E-state index in [0.717, 1.165) is 37.2 Å². The van der Waals surface area contributed by atoms with Crippen LogP contribution >= 0.6 is 22.7 Å². The van der Waals surface area contributed by atoms with Crippen LogP contribution < -0.4 is 0 Å². The second-order valence-corrected chi connectivity index (χ2v) is 9.24. The minimum absolute atomic E-state index is 0.729. The number of fused-ring (bicyclic) bond motifs is 1. The number of rotatable bonds is 5. The van der Waals surface area contributed by atoms with Gasteiger partial charge >= 0.3 is 0 Å². The molecule has 0 amide bonds. The summed E-state index contributed by atoms with van der Waals surface area (Å²) >= 11 is 3.28. The highest BCUT2D eigenvalue weighted by atomic mass is 32.1. The Kier molecular flexibility index (Phi) is 5.23. The summed E-state index contributed by atoms with van der Waals surface area (Å²) in [7, 11) is 0. The third-order valence-electron chi connectivity index (χ3n) is 5.36. The monoisotopic (exact) mass is 428 g/mol. The van der Waals surface area contributed by atoms with Crippen molar-refractivity contribution in [3.63, 3.8) is 0 Å². The first-order valence-electron chi connectivity index (χ1n) is 9.78.